The van der Waals surface area contributed by atoms with Crippen molar-refractivity contribution >= 4 is 27.5 Å². The van der Waals surface area contributed by atoms with E-state index in [1.54, 1.807) is 12.1 Å². The van der Waals surface area contributed by atoms with Crippen LogP contribution < -0.4 is 10.0 Å². The van der Waals surface area contributed by atoms with Crippen molar-refractivity contribution in [3.63, 3.8) is 0 Å². The Morgan fingerprint density at radius 3 is 2.62 bits per heavy atom. The van der Waals surface area contributed by atoms with Gasteiger partial charge in [0.05, 0.1) is 5.69 Å². The van der Waals surface area contributed by atoms with Crippen LogP contribution >= 0.6 is 11.8 Å². The Morgan fingerprint density at radius 2 is 1.95 bits per heavy atom. The van der Waals surface area contributed by atoms with Crippen molar-refractivity contribution in [3.05, 3.63) is 24.3 Å². The fourth-order valence-corrected chi connectivity index (χ4v) is 3.99. The summed E-state index contributed by atoms with van der Waals surface area (Å²) in [7, 11) is -3.44. The SMILES string of the molecule is CCCNS(=O)(=O)c1ccccc1NC(C)CCSCC. The summed E-state index contributed by atoms with van der Waals surface area (Å²) in [4.78, 5) is 0.327. The van der Waals surface area contributed by atoms with E-state index in [1.807, 2.05) is 30.8 Å². The van der Waals surface area contributed by atoms with E-state index in [0.29, 0.717) is 17.1 Å². The monoisotopic (exact) mass is 330 g/mol. The second-order valence-corrected chi connectivity index (χ2v) is 8.05. The number of benzene rings is 1. The van der Waals surface area contributed by atoms with Gasteiger partial charge in [0.15, 0.2) is 0 Å². The molecular weight excluding hydrogens is 304 g/mol. The van der Waals surface area contributed by atoms with E-state index in [9.17, 15) is 8.42 Å². The predicted molar refractivity (Wildman–Crippen MR) is 92.6 cm³/mol. The van der Waals surface area contributed by atoms with Crippen molar-refractivity contribution in [2.45, 2.75) is 44.6 Å². The minimum absolute atomic E-state index is 0.242. The van der Waals surface area contributed by atoms with Crippen LogP contribution in [0.2, 0.25) is 0 Å². The van der Waals surface area contributed by atoms with E-state index in [0.717, 1.165) is 24.3 Å². The third-order valence-corrected chi connectivity index (χ3v) is 5.47. The van der Waals surface area contributed by atoms with E-state index >= 15 is 0 Å². The second kappa shape index (κ2) is 9.33. The molecule has 0 spiro atoms. The van der Waals surface area contributed by atoms with Crippen LogP contribution in [0, 0.1) is 0 Å². The summed E-state index contributed by atoms with van der Waals surface area (Å²) in [5, 5.41) is 3.32. The molecule has 2 N–H and O–H groups in total. The van der Waals surface area contributed by atoms with Gasteiger partial charge in [-0.05, 0) is 43.4 Å². The minimum atomic E-state index is -3.44. The first-order chi connectivity index (χ1) is 10.0. The molecular formula is C15H26N2O2S2. The predicted octanol–water partition coefficient (Wildman–Crippen LogP) is 3.32. The lowest BCUT2D eigenvalue weighted by Crippen LogP contribution is -2.26. The third kappa shape index (κ3) is 6.28. The third-order valence-electron chi connectivity index (χ3n) is 3.02. The number of hydrogen-bond donors (Lipinski definition) is 2. The van der Waals surface area contributed by atoms with E-state index in [4.69, 9.17) is 0 Å². The van der Waals surface area contributed by atoms with Gasteiger partial charge in [-0.1, -0.05) is 26.0 Å². The summed E-state index contributed by atoms with van der Waals surface area (Å²) in [6, 6.07) is 7.32. The maximum atomic E-state index is 12.3. The topological polar surface area (TPSA) is 58.2 Å². The molecule has 1 rings (SSSR count). The lowest BCUT2D eigenvalue weighted by Gasteiger charge is -2.18. The van der Waals surface area contributed by atoms with Crippen molar-refractivity contribution in [3.8, 4) is 0 Å². The van der Waals surface area contributed by atoms with E-state index < -0.39 is 10.0 Å². The van der Waals surface area contributed by atoms with Gasteiger partial charge in [0.25, 0.3) is 0 Å². The maximum absolute atomic E-state index is 12.3. The van der Waals surface area contributed by atoms with Gasteiger partial charge in [-0.3, -0.25) is 0 Å². The molecule has 0 saturated heterocycles. The highest BCUT2D eigenvalue weighted by Crippen LogP contribution is 2.22. The zero-order valence-electron chi connectivity index (χ0n) is 13.1. The first-order valence-corrected chi connectivity index (χ1v) is 10.1. The van der Waals surface area contributed by atoms with Crippen molar-refractivity contribution < 1.29 is 8.42 Å². The average molecular weight is 331 g/mol. The Hall–Kier alpha value is -0.720. The largest absolute Gasteiger partial charge is 0.381 e. The first-order valence-electron chi connectivity index (χ1n) is 7.44. The molecule has 4 nitrogen and oxygen atoms in total. The molecule has 1 aromatic carbocycles. The summed E-state index contributed by atoms with van der Waals surface area (Å²) < 4.78 is 27.2. The highest BCUT2D eigenvalue weighted by atomic mass is 32.2. The Bertz CT molecular complexity index is 518. The molecule has 0 bridgehead atoms. The molecule has 6 heteroatoms. The Labute approximate surface area is 133 Å². The number of anilines is 1. The number of hydrogen-bond acceptors (Lipinski definition) is 4. The van der Waals surface area contributed by atoms with Crippen LogP contribution in [0.25, 0.3) is 0 Å². The lowest BCUT2D eigenvalue weighted by molar-refractivity contribution is 0.581. The molecule has 1 atom stereocenters. The molecule has 0 saturated carbocycles. The first kappa shape index (κ1) is 18.3. The standard InChI is InChI=1S/C15H26N2O2S2/c1-4-11-16-21(18,19)15-9-7-6-8-14(15)17-13(3)10-12-20-5-2/h6-9,13,16-17H,4-5,10-12H2,1-3H3. The second-order valence-electron chi connectivity index (χ2n) is 4.92. The zero-order chi connectivity index (χ0) is 15.7. The smallest absolute Gasteiger partial charge is 0.242 e. The summed E-state index contributed by atoms with van der Waals surface area (Å²) in [6.07, 6.45) is 1.79. The number of thioether (sulfide) groups is 1. The number of para-hydroxylation sites is 1. The van der Waals surface area contributed by atoms with Crippen molar-refractivity contribution in [2.75, 3.05) is 23.4 Å². The van der Waals surface area contributed by atoms with Crippen molar-refractivity contribution in [1.29, 1.82) is 0 Å². The molecule has 0 amide bonds. The van der Waals surface area contributed by atoms with E-state index in [1.165, 1.54) is 0 Å². The van der Waals surface area contributed by atoms with Crippen LogP contribution in [-0.4, -0.2) is 32.5 Å². The van der Waals surface area contributed by atoms with Crippen LogP contribution in [0.5, 0.6) is 0 Å². The summed E-state index contributed by atoms with van der Waals surface area (Å²) in [5.41, 5.74) is 0.676. The van der Waals surface area contributed by atoms with Gasteiger partial charge >= 0.3 is 0 Å². The van der Waals surface area contributed by atoms with Crippen molar-refractivity contribution in [2.24, 2.45) is 0 Å². The molecule has 1 aromatic rings. The average Bonchev–Trinajstić information content (AvgIpc) is 2.46. The maximum Gasteiger partial charge on any atom is 0.242 e. The van der Waals surface area contributed by atoms with Gasteiger partial charge < -0.3 is 5.32 Å². The molecule has 0 aromatic heterocycles. The molecule has 0 fully saturated rings. The summed E-state index contributed by atoms with van der Waals surface area (Å²) >= 11 is 1.90. The van der Waals surface area contributed by atoms with Gasteiger partial charge in [-0.2, -0.15) is 11.8 Å². The van der Waals surface area contributed by atoms with Crippen molar-refractivity contribution in [1.82, 2.24) is 4.72 Å². The molecule has 21 heavy (non-hydrogen) atoms. The normalized spacial score (nSPS) is 13.1. The van der Waals surface area contributed by atoms with Gasteiger partial charge in [0.1, 0.15) is 4.90 Å². The van der Waals surface area contributed by atoms with Gasteiger partial charge in [-0.15, -0.1) is 0 Å². The Morgan fingerprint density at radius 1 is 1.24 bits per heavy atom. The quantitative estimate of drug-likeness (QED) is 0.646. The molecule has 120 valence electrons. The van der Waals surface area contributed by atoms with Crippen LogP contribution in [0.4, 0.5) is 5.69 Å². The molecule has 0 heterocycles. The molecule has 0 radical (unpaired) electrons. The summed E-state index contributed by atoms with van der Waals surface area (Å²) in [5.74, 6) is 2.19. The zero-order valence-corrected chi connectivity index (χ0v) is 14.7. The van der Waals surface area contributed by atoms with Crippen LogP contribution in [-0.2, 0) is 10.0 Å². The van der Waals surface area contributed by atoms with Crippen LogP contribution in [0.3, 0.4) is 0 Å². The molecule has 1 unspecified atom stereocenters. The number of sulfonamides is 1. The summed E-state index contributed by atoms with van der Waals surface area (Å²) in [6.45, 7) is 6.63. The Balaban J connectivity index is 2.79. The van der Waals surface area contributed by atoms with Crippen LogP contribution in [0.15, 0.2) is 29.2 Å². The number of rotatable bonds is 10. The minimum Gasteiger partial charge on any atom is -0.381 e. The molecule has 0 aliphatic heterocycles. The van der Waals surface area contributed by atoms with E-state index in [2.05, 4.69) is 23.9 Å². The fourth-order valence-electron chi connectivity index (χ4n) is 1.88. The van der Waals surface area contributed by atoms with Gasteiger partial charge in [0, 0.05) is 12.6 Å². The van der Waals surface area contributed by atoms with Crippen LogP contribution in [0.1, 0.15) is 33.6 Å². The van der Waals surface area contributed by atoms with E-state index in [-0.39, 0.29) is 6.04 Å². The molecule has 0 aliphatic carbocycles. The van der Waals surface area contributed by atoms with Gasteiger partial charge in [0.2, 0.25) is 10.0 Å². The fraction of sp³-hybridized carbons (Fsp3) is 0.600. The highest BCUT2D eigenvalue weighted by molar-refractivity contribution is 7.99. The lowest BCUT2D eigenvalue weighted by atomic mass is 10.2. The number of nitrogens with one attached hydrogen (secondary N) is 2. The highest BCUT2D eigenvalue weighted by Gasteiger charge is 2.18. The van der Waals surface area contributed by atoms with Gasteiger partial charge in [-0.25, -0.2) is 13.1 Å². The Kier molecular flexibility index (Phi) is 8.14. The molecule has 0 aliphatic rings.